The highest BCUT2D eigenvalue weighted by molar-refractivity contribution is 5.78. The molecule has 1 atom stereocenters. The summed E-state index contributed by atoms with van der Waals surface area (Å²) in [5, 5.41) is 6.06. The van der Waals surface area contributed by atoms with E-state index in [1.807, 2.05) is 13.0 Å². The number of aromatic nitrogens is 1. The fraction of sp³-hybridized carbons (Fsp3) is 0.455. The molecule has 16 heavy (non-hydrogen) atoms. The van der Waals surface area contributed by atoms with Gasteiger partial charge in [-0.15, -0.1) is 0 Å². The molecular weight excluding hydrogens is 204 g/mol. The average Bonchev–Trinajstić information content (AvgIpc) is 2.66. The first kappa shape index (κ1) is 10.7. The SMILES string of the molecule is Cc1cnc(NCC2CCC(=O)N2)cc1N. The zero-order valence-electron chi connectivity index (χ0n) is 9.29. The van der Waals surface area contributed by atoms with Crippen molar-refractivity contribution in [3.8, 4) is 0 Å². The predicted molar refractivity (Wildman–Crippen MR) is 63.0 cm³/mol. The van der Waals surface area contributed by atoms with E-state index in [0.29, 0.717) is 13.0 Å². The van der Waals surface area contributed by atoms with Gasteiger partial charge >= 0.3 is 0 Å². The van der Waals surface area contributed by atoms with E-state index in [1.165, 1.54) is 0 Å². The Morgan fingerprint density at radius 1 is 1.69 bits per heavy atom. The molecule has 0 saturated carbocycles. The number of hydrogen-bond donors (Lipinski definition) is 3. The lowest BCUT2D eigenvalue weighted by molar-refractivity contribution is -0.119. The standard InChI is InChI=1S/C11H16N4O/c1-7-5-13-10(4-9(7)12)14-6-8-2-3-11(16)15-8/h4-5,8H,2-3,6H2,1H3,(H,15,16)(H3,12,13,14). The van der Waals surface area contributed by atoms with Crippen LogP contribution in [0, 0.1) is 6.92 Å². The summed E-state index contributed by atoms with van der Waals surface area (Å²) in [5.74, 6) is 0.882. The highest BCUT2D eigenvalue weighted by Gasteiger charge is 2.20. The topological polar surface area (TPSA) is 80.0 Å². The summed E-state index contributed by atoms with van der Waals surface area (Å²) < 4.78 is 0. The summed E-state index contributed by atoms with van der Waals surface area (Å²) >= 11 is 0. The molecule has 0 radical (unpaired) electrons. The van der Waals surface area contributed by atoms with Gasteiger partial charge < -0.3 is 16.4 Å². The normalized spacial score (nSPS) is 19.6. The van der Waals surface area contributed by atoms with Crippen LogP contribution in [0.15, 0.2) is 12.3 Å². The fourth-order valence-electron chi connectivity index (χ4n) is 1.69. The number of nitrogens with one attached hydrogen (secondary N) is 2. The van der Waals surface area contributed by atoms with E-state index in [1.54, 1.807) is 6.20 Å². The van der Waals surface area contributed by atoms with E-state index >= 15 is 0 Å². The fourth-order valence-corrected chi connectivity index (χ4v) is 1.69. The lowest BCUT2D eigenvalue weighted by Gasteiger charge is -2.12. The number of nitrogen functional groups attached to an aromatic ring is 1. The monoisotopic (exact) mass is 220 g/mol. The molecule has 0 spiro atoms. The first-order chi connectivity index (χ1) is 7.65. The molecule has 0 aromatic carbocycles. The Morgan fingerprint density at radius 2 is 2.50 bits per heavy atom. The van der Waals surface area contributed by atoms with Crippen LogP contribution in [0.5, 0.6) is 0 Å². The van der Waals surface area contributed by atoms with Crippen LogP contribution in [0.25, 0.3) is 0 Å². The van der Waals surface area contributed by atoms with Gasteiger partial charge in [0.1, 0.15) is 5.82 Å². The van der Waals surface area contributed by atoms with Gasteiger partial charge in [0.2, 0.25) is 5.91 Å². The number of carbonyl (C=O) groups excluding carboxylic acids is 1. The summed E-state index contributed by atoms with van der Waals surface area (Å²) in [6.07, 6.45) is 3.24. The molecule has 1 aliphatic rings. The Bertz CT molecular complexity index is 405. The number of carbonyl (C=O) groups is 1. The smallest absolute Gasteiger partial charge is 0.220 e. The summed E-state index contributed by atoms with van der Waals surface area (Å²) in [6, 6.07) is 2.02. The third-order valence-corrected chi connectivity index (χ3v) is 2.76. The number of amides is 1. The summed E-state index contributed by atoms with van der Waals surface area (Å²) in [6.45, 7) is 2.62. The molecule has 86 valence electrons. The van der Waals surface area contributed by atoms with Gasteiger partial charge in [0.15, 0.2) is 0 Å². The van der Waals surface area contributed by atoms with Gasteiger partial charge in [0.05, 0.1) is 0 Å². The van der Waals surface area contributed by atoms with Gasteiger partial charge in [-0.05, 0) is 18.9 Å². The minimum absolute atomic E-state index is 0.128. The van der Waals surface area contributed by atoms with Crippen LogP contribution in [0.2, 0.25) is 0 Å². The quantitative estimate of drug-likeness (QED) is 0.699. The largest absolute Gasteiger partial charge is 0.398 e. The summed E-state index contributed by atoms with van der Waals surface area (Å²) in [7, 11) is 0. The number of rotatable bonds is 3. The van der Waals surface area contributed by atoms with Crippen LogP contribution < -0.4 is 16.4 Å². The van der Waals surface area contributed by atoms with Crippen molar-refractivity contribution in [1.29, 1.82) is 0 Å². The number of pyridine rings is 1. The van der Waals surface area contributed by atoms with Gasteiger partial charge in [0, 0.05) is 37.0 Å². The molecule has 2 heterocycles. The van der Waals surface area contributed by atoms with Crippen LogP contribution in [0.3, 0.4) is 0 Å². The second-order valence-electron chi connectivity index (χ2n) is 4.11. The van der Waals surface area contributed by atoms with Gasteiger partial charge in [0.25, 0.3) is 0 Å². The highest BCUT2D eigenvalue weighted by Crippen LogP contribution is 2.14. The molecular formula is C11H16N4O. The predicted octanol–water partition coefficient (Wildman–Crippen LogP) is 0.663. The Morgan fingerprint density at radius 3 is 3.12 bits per heavy atom. The van der Waals surface area contributed by atoms with Crippen LogP contribution in [-0.2, 0) is 4.79 Å². The minimum Gasteiger partial charge on any atom is -0.398 e. The van der Waals surface area contributed by atoms with E-state index in [9.17, 15) is 4.79 Å². The lowest BCUT2D eigenvalue weighted by Crippen LogP contribution is -2.31. The zero-order valence-corrected chi connectivity index (χ0v) is 9.29. The van der Waals surface area contributed by atoms with Crippen LogP contribution >= 0.6 is 0 Å². The van der Waals surface area contributed by atoms with Crippen molar-refractivity contribution in [2.24, 2.45) is 0 Å². The molecule has 1 amide bonds. The maximum Gasteiger partial charge on any atom is 0.220 e. The molecule has 5 heteroatoms. The second-order valence-corrected chi connectivity index (χ2v) is 4.11. The summed E-state index contributed by atoms with van der Waals surface area (Å²) in [5.41, 5.74) is 7.48. The average molecular weight is 220 g/mol. The molecule has 5 nitrogen and oxygen atoms in total. The van der Waals surface area contributed by atoms with Gasteiger partial charge in [-0.1, -0.05) is 0 Å². The van der Waals surface area contributed by atoms with E-state index in [2.05, 4.69) is 15.6 Å². The first-order valence-electron chi connectivity index (χ1n) is 5.40. The van der Waals surface area contributed by atoms with Crippen LogP contribution in [0.1, 0.15) is 18.4 Å². The van der Waals surface area contributed by atoms with Gasteiger partial charge in [-0.2, -0.15) is 0 Å². The molecule has 1 unspecified atom stereocenters. The van der Waals surface area contributed by atoms with Crippen molar-refractivity contribution in [1.82, 2.24) is 10.3 Å². The first-order valence-corrected chi connectivity index (χ1v) is 5.40. The third kappa shape index (κ3) is 2.42. The molecule has 1 aromatic rings. The number of anilines is 2. The Hall–Kier alpha value is -1.78. The lowest BCUT2D eigenvalue weighted by atomic mass is 10.2. The molecule has 1 aromatic heterocycles. The molecule has 4 N–H and O–H groups in total. The maximum absolute atomic E-state index is 11.0. The number of nitrogens with two attached hydrogens (primary N) is 1. The van der Waals surface area contributed by atoms with E-state index in [0.717, 1.165) is 23.5 Å². The summed E-state index contributed by atoms with van der Waals surface area (Å²) in [4.78, 5) is 15.2. The van der Waals surface area contributed by atoms with Crippen molar-refractivity contribution in [2.75, 3.05) is 17.6 Å². The second kappa shape index (κ2) is 4.38. The number of aryl methyl sites for hydroxylation is 1. The molecule has 0 aliphatic carbocycles. The molecule has 1 aliphatic heterocycles. The van der Waals surface area contributed by atoms with Gasteiger partial charge in [-0.25, -0.2) is 4.98 Å². The van der Waals surface area contributed by atoms with Gasteiger partial charge in [-0.3, -0.25) is 4.79 Å². The molecule has 0 bridgehead atoms. The van der Waals surface area contributed by atoms with Crippen molar-refractivity contribution in [3.05, 3.63) is 17.8 Å². The Kier molecular flexibility index (Phi) is 2.94. The Labute approximate surface area is 94.4 Å². The Balaban J connectivity index is 1.89. The van der Waals surface area contributed by atoms with Crippen molar-refractivity contribution in [3.63, 3.8) is 0 Å². The number of hydrogen-bond acceptors (Lipinski definition) is 4. The van der Waals surface area contributed by atoms with Crippen molar-refractivity contribution < 1.29 is 4.79 Å². The molecule has 1 fully saturated rings. The third-order valence-electron chi connectivity index (χ3n) is 2.76. The maximum atomic E-state index is 11.0. The number of nitrogens with zero attached hydrogens (tertiary/aromatic N) is 1. The van der Waals surface area contributed by atoms with E-state index in [-0.39, 0.29) is 11.9 Å². The zero-order chi connectivity index (χ0) is 11.5. The highest BCUT2D eigenvalue weighted by atomic mass is 16.1. The van der Waals surface area contributed by atoms with Crippen molar-refractivity contribution in [2.45, 2.75) is 25.8 Å². The van der Waals surface area contributed by atoms with Crippen molar-refractivity contribution >= 4 is 17.4 Å². The molecule has 1 saturated heterocycles. The minimum atomic E-state index is 0.128. The van der Waals surface area contributed by atoms with Crippen LogP contribution in [0.4, 0.5) is 11.5 Å². The van der Waals surface area contributed by atoms with E-state index in [4.69, 9.17) is 5.73 Å². The molecule has 2 rings (SSSR count). The van der Waals surface area contributed by atoms with E-state index < -0.39 is 0 Å². The van der Waals surface area contributed by atoms with Crippen LogP contribution in [-0.4, -0.2) is 23.5 Å².